The molecule has 1 fully saturated rings. The number of halogens is 3. The third kappa shape index (κ3) is 4.95. The van der Waals surface area contributed by atoms with Gasteiger partial charge in [0, 0.05) is 38.9 Å². The van der Waals surface area contributed by atoms with E-state index >= 15 is 0 Å². The summed E-state index contributed by atoms with van der Waals surface area (Å²) in [6.45, 7) is 5.85. The van der Waals surface area contributed by atoms with E-state index in [2.05, 4.69) is 22.1 Å². The minimum Gasteiger partial charge on any atom is -0.363 e. The number of unbranched alkanes of at least 4 members (excludes halogenated alkanes) is 1. The molecule has 128 valence electrons. The van der Waals surface area contributed by atoms with Crippen molar-refractivity contribution in [2.75, 3.05) is 37.6 Å². The van der Waals surface area contributed by atoms with Gasteiger partial charge in [0.05, 0.1) is 5.56 Å². The highest BCUT2D eigenvalue weighted by atomic mass is 32.1. The number of nitrogens with zero attached hydrogens (tertiary/aromatic N) is 3. The maximum Gasteiger partial charge on any atom is 0.417 e. The molecule has 1 saturated heterocycles. The van der Waals surface area contributed by atoms with Crippen LogP contribution >= 0.6 is 12.2 Å². The van der Waals surface area contributed by atoms with Gasteiger partial charge in [-0.1, -0.05) is 13.3 Å². The van der Waals surface area contributed by atoms with Crippen LogP contribution in [0.2, 0.25) is 0 Å². The molecule has 0 radical (unpaired) electrons. The molecule has 4 nitrogen and oxygen atoms in total. The first-order valence-electron chi connectivity index (χ1n) is 7.73. The molecule has 1 aliphatic rings. The Bertz CT molecular complexity index is 510. The van der Waals surface area contributed by atoms with E-state index in [9.17, 15) is 13.2 Å². The Morgan fingerprint density at radius 3 is 2.48 bits per heavy atom. The van der Waals surface area contributed by atoms with Gasteiger partial charge in [-0.3, -0.25) is 0 Å². The number of aromatic nitrogens is 1. The lowest BCUT2D eigenvalue weighted by Crippen LogP contribution is -2.52. The number of anilines is 1. The van der Waals surface area contributed by atoms with Crippen LogP contribution in [0, 0.1) is 0 Å². The predicted octanol–water partition coefficient (Wildman–Crippen LogP) is 2.90. The van der Waals surface area contributed by atoms with E-state index in [1.807, 2.05) is 4.90 Å². The first kappa shape index (κ1) is 17.8. The van der Waals surface area contributed by atoms with E-state index in [1.54, 1.807) is 0 Å². The molecule has 0 aliphatic carbocycles. The second kappa shape index (κ2) is 7.81. The van der Waals surface area contributed by atoms with E-state index in [0.717, 1.165) is 49.9 Å². The zero-order chi connectivity index (χ0) is 16.9. The van der Waals surface area contributed by atoms with E-state index < -0.39 is 11.7 Å². The molecule has 1 aromatic rings. The monoisotopic (exact) mass is 346 g/mol. The summed E-state index contributed by atoms with van der Waals surface area (Å²) in [5.74, 6) is 0.572. The van der Waals surface area contributed by atoms with Gasteiger partial charge >= 0.3 is 6.18 Å². The number of rotatable bonds is 4. The van der Waals surface area contributed by atoms with E-state index in [1.165, 1.54) is 6.07 Å². The van der Waals surface area contributed by atoms with E-state index in [-0.39, 0.29) is 0 Å². The Morgan fingerprint density at radius 1 is 1.26 bits per heavy atom. The second-order valence-electron chi connectivity index (χ2n) is 5.46. The van der Waals surface area contributed by atoms with Crippen LogP contribution in [0.4, 0.5) is 19.0 Å². The van der Waals surface area contributed by atoms with Crippen molar-refractivity contribution < 1.29 is 13.2 Å². The van der Waals surface area contributed by atoms with E-state index in [0.29, 0.717) is 18.9 Å². The van der Waals surface area contributed by atoms with Gasteiger partial charge < -0.3 is 15.1 Å². The van der Waals surface area contributed by atoms with Crippen LogP contribution in [0.1, 0.15) is 25.3 Å². The average Bonchev–Trinajstić information content (AvgIpc) is 2.54. The summed E-state index contributed by atoms with van der Waals surface area (Å²) < 4.78 is 37.6. The zero-order valence-corrected chi connectivity index (χ0v) is 13.9. The molecule has 0 unspecified atom stereocenters. The molecule has 0 bridgehead atoms. The van der Waals surface area contributed by atoms with Crippen LogP contribution < -0.4 is 10.2 Å². The number of hydrogen-bond donors (Lipinski definition) is 1. The summed E-state index contributed by atoms with van der Waals surface area (Å²) in [5.41, 5.74) is -0.721. The van der Waals surface area contributed by atoms with Crippen molar-refractivity contribution in [1.29, 1.82) is 0 Å². The molecule has 2 heterocycles. The fraction of sp³-hybridized carbons (Fsp3) is 0.600. The summed E-state index contributed by atoms with van der Waals surface area (Å²) in [6, 6.07) is 2.50. The molecule has 23 heavy (non-hydrogen) atoms. The molecule has 8 heteroatoms. The maximum atomic E-state index is 12.5. The number of nitrogens with one attached hydrogen (secondary N) is 1. The number of alkyl halides is 3. The Morgan fingerprint density at radius 2 is 1.96 bits per heavy atom. The molecule has 0 amide bonds. The van der Waals surface area contributed by atoms with Crippen molar-refractivity contribution in [2.24, 2.45) is 0 Å². The summed E-state index contributed by atoms with van der Waals surface area (Å²) in [5, 5.41) is 3.98. The lowest BCUT2D eigenvalue weighted by atomic mass is 10.2. The topological polar surface area (TPSA) is 31.4 Å². The van der Waals surface area contributed by atoms with Crippen molar-refractivity contribution in [2.45, 2.75) is 25.9 Å². The normalized spacial score (nSPS) is 15.7. The predicted molar refractivity (Wildman–Crippen MR) is 88.5 cm³/mol. The molecule has 1 aliphatic heterocycles. The first-order chi connectivity index (χ1) is 10.9. The molecule has 0 spiro atoms. The fourth-order valence-electron chi connectivity index (χ4n) is 2.36. The summed E-state index contributed by atoms with van der Waals surface area (Å²) >= 11 is 5.36. The lowest BCUT2D eigenvalue weighted by molar-refractivity contribution is -0.137. The Labute approximate surface area is 139 Å². The molecule has 0 aromatic carbocycles. The van der Waals surface area contributed by atoms with Gasteiger partial charge in [0.2, 0.25) is 0 Å². The van der Waals surface area contributed by atoms with Crippen LogP contribution in [0.25, 0.3) is 0 Å². The van der Waals surface area contributed by atoms with Gasteiger partial charge in [0.25, 0.3) is 0 Å². The molecule has 0 saturated carbocycles. The number of piperazine rings is 1. The molecular formula is C15H21F3N4S. The van der Waals surface area contributed by atoms with Crippen LogP contribution in [0.3, 0.4) is 0 Å². The molecule has 1 N–H and O–H groups in total. The number of thiocarbonyl (C=S) groups is 1. The van der Waals surface area contributed by atoms with Gasteiger partial charge in [-0.25, -0.2) is 4.98 Å². The molecular weight excluding hydrogens is 325 g/mol. The van der Waals surface area contributed by atoms with Crippen LogP contribution in [-0.2, 0) is 6.18 Å². The molecule has 2 rings (SSSR count). The Hall–Kier alpha value is -1.57. The summed E-state index contributed by atoms with van der Waals surface area (Å²) in [7, 11) is 0. The fourth-order valence-corrected chi connectivity index (χ4v) is 2.65. The van der Waals surface area contributed by atoms with E-state index in [4.69, 9.17) is 12.2 Å². The summed E-state index contributed by atoms with van der Waals surface area (Å²) in [6.07, 6.45) is -1.27. The van der Waals surface area contributed by atoms with Crippen molar-refractivity contribution in [3.8, 4) is 0 Å². The minimum atomic E-state index is -4.35. The largest absolute Gasteiger partial charge is 0.417 e. The molecule has 1 aromatic heterocycles. The SMILES string of the molecule is CCCCNC(=S)N1CCN(c2ccc(C(F)(F)F)cn2)CC1. The van der Waals surface area contributed by atoms with Crippen LogP contribution in [0.15, 0.2) is 18.3 Å². The van der Waals surface area contributed by atoms with Gasteiger partial charge in [-0.2, -0.15) is 13.2 Å². The highest BCUT2D eigenvalue weighted by Gasteiger charge is 2.31. The van der Waals surface area contributed by atoms with Crippen molar-refractivity contribution in [1.82, 2.24) is 15.2 Å². The zero-order valence-electron chi connectivity index (χ0n) is 13.1. The minimum absolute atomic E-state index is 0.572. The quantitative estimate of drug-likeness (QED) is 0.669. The smallest absolute Gasteiger partial charge is 0.363 e. The van der Waals surface area contributed by atoms with Gasteiger partial charge in [0.1, 0.15) is 5.82 Å². The van der Waals surface area contributed by atoms with Crippen LogP contribution in [-0.4, -0.2) is 47.7 Å². The third-order valence-corrected chi connectivity index (χ3v) is 4.18. The highest BCUT2D eigenvalue weighted by molar-refractivity contribution is 7.80. The number of hydrogen-bond acceptors (Lipinski definition) is 3. The van der Waals surface area contributed by atoms with Gasteiger partial charge in [-0.05, 0) is 30.8 Å². The Balaban J connectivity index is 1.85. The van der Waals surface area contributed by atoms with Crippen molar-refractivity contribution >= 4 is 23.1 Å². The highest BCUT2D eigenvalue weighted by Crippen LogP contribution is 2.29. The maximum absolute atomic E-state index is 12.5. The molecule has 0 atom stereocenters. The third-order valence-electron chi connectivity index (χ3n) is 3.77. The standard InChI is InChI=1S/C15H21F3N4S/c1-2-3-6-19-14(23)22-9-7-21(8-10-22)13-5-4-12(11-20-13)15(16,17)18/h4-5,11H,2-3,6-10H2,1H3,(H,19,23). The lowest BCUT2D eigenvalue weighted by Gasteiger charge is -2.36. The average molecular weight is 346 g/mol. The van der Waals surface area contributed by atoms with Crippen LogP contribution in [0.5, 0.6) is 0 Å². The van der Waals surface area contributed by atoms with Crippen molar-refractivity contribution in [3.05, 3.63) is 23.9 Å². The summed E-state index contributed by atoms with van der Waals surface area (Å²) in [4.78, 5) is 8.00. The van der Waals surface area contributed by atoms with Gasteiger partial charge in [-0.15, -0.1) is 0 Å². The first-order valence-corrected chi connectivity index (χ1v) is 8.13. The van der Waals surface area contributed by atoms with Crippen molar-refractivity contribution in [3.63, 3.8) is 0 Å². The number of pyridine rings is 1. The van der Waals surface area contributed by atoms with Gasteiger partial charge in [0.15, 0.2) is 5.11 Å². The second-order valence-corrected chi connectivity index (χ2v) is 5.85. The Kier molecular flexibility index (Phi) is 6.04.